The maximum absolute atomic E-state index is 12.4. The van der Waals surface area contributed by atoms with Gasteiger partial charge in [0, 0.05) is 12.8 Å². The summed E-state index contributed by atoms with van der Waals surface area (Å²) in [4.78, 5) is 42.8. The van der Waals surface area contributed by atoms with Crippen LogP contribution in [0.1, 0.15) is 162 Å². The van der Waals surface area contributed by atoms with Gasteiger partial charge in [0.1, 0.15) is 6.61 Å². The first kappa shape index (κ1) is 51.5. The van der Waals surface area contributed by atoms with Gasteiger partial charge in [0.2, 0.25) is 0 Å². The average molecular weight is 779 g/mol. The van der Waals surface area contributed by atoms with Crippen LogP contribution in [0.4, 0.5) is 0 Å². The Labute approximate surface area is 328 Å². The third-order valence-electron chi connectivity index (χ3n) is 8.51. The fraction of sp³-hybridized carbons (Fsp3) is 0.682. The molecule has 0 aliphatic rings. The Morgan fingerprint density at radius 2 is 1.17 bits per heavy atom. The average Bonchev–Trinajstić information content (AvgIpc) is 3.12. The number of ether oxygens (including phenoxy) is 2. The fourth-order valence-corrected chi connectivity index (χ4v) is 5.79. The van der Waals surface area contributed by atoms with E-state index in [-0.39, 0.29) is 19.4 Å². The molecule has 3 N–H and O–H groups in total. The van der Waals surface area contributed by atoms with Gasteiger partial charge in [-0.2, -0.15) is 0 Å². The van der Waals surface area contributed by atoms with Crippen molar-refractivity contribution in [3.05, 3.63) is 72.9 Å². The lowest BCUT2D eigenvalue weighted by atomic mass is 10.0. The molecule has 0 bridgehead atoms. The van der Waals surface area contributed by atoms with Gasteiger partial charge in [0.05, 0.1) is 12.7 Å². The minimum atomic E-state index is -4.78. The highest BCUT2D eigenvalue weighted by atomic mass is 31.2. The van der Waals surface area contributed by atoms with Crippen molar-refractivity contribution in [2.75, 3.05) is 13.2 Å². The summed E-state index contributed by atoms with van der Waals surface area (Å²) < 4.78 is 26.3. The van der Waals surface area contributed by atoms with Crippen molar-refractivity contribution >= 4 is 19.8 Å². The highest BCUT2D eigenvalue weighted by molar-refractivity contribution is 7.46. The Morgan fingerprint density at radius 1 is 0.630 bits per heavy atom. The molecule has 0 saturated carbocycles. The van der Waals surface area contributed by atoms with Gasteiger partial charge < -0.3 is 24.4 Å². The normalized spacial score (nSPS) is 13.9. The lowest BCUT2D eigenvalue weighted by molar-refractivity contribution is -0.161. The highest BCUT2D eigenvalue weighted by Gasteiger charge is 2.22. The van der Waals surface area contributed by atoms with Crippen LogP contribution < -0.4 is 0 Å². The first-order valence-electron chi connectivity index (χ1n) is 20.7. The standard InChI is InChI=1S/C44H75O9P/c1-4-5-28-34-41(45)35-30-25-21-17-13-9-7-10-14-18-22-26-31-36-43(46)51-38-42(39-52-54(48,49)50)53-44(47)37-32-27-23-19-15-11-6-8-12-16-20-24-29-33-40(2)3/h5,9-10,13-14,21-22,25-26,28,30,35,40-42,45H,4,6-8,11-12,15-20,23-24,27,29,31-34,36-39H2,1-3H3,(H2,48,49,50)/b13-9-,14-10-,25-21+,26-22-,28-5-,35-30+/t41?,42-/m1/s1. The zero-order valence-electron chi connectivity index (χ0n) is 33.9. The molecule has 0 aliphatic heterocycles. The molecule has 2 atom stereocenters. The molecule has 0 rings (SSSR count). The molecule has 54 heavy (non-hydrogen) atoms. The molecular weight excluding hydrogens is 703 g/mol. The van der Waals surface area contributed by atoms with Crippen LogP contribution in [0.25, 0.3) is 0 Å². The topological polar surface area (TPSA) is 140 Å². The molecule has 0 aromatic rings. The summed E-state index contributed by atoms with van der Waals surface area (Å²) in [5.41, 5.74) is 0. The summed E-state index contributed by atoms with van der Waals surface area (Å²) in [7, 11) is -4.78. The van der Waals surface area contributed by atoms with Gasteiger partial charge in [0.15, 0.2) is 6.10 Å². The maximum Gasteiger partial charge on any atom is 0.469 e. The van der Waals surface area contributed by atoms with Gasteiger partial charge in [-0.25, -0.2) is 4.57 Å². The van der Waals surface area contributed by atoms with E-state index in [1.165, 1.54) is 64.2 Å². The zero-order valence-corrected chi connectivity index (χ0v) is 34.8. The molecule has 1 unspecified atom stereocenters. The quantitative estimate of drug-likeness (QED) is 0.0186. The minimum absolute atomic E-state index is 0.124. The number of phosphoric ester groups is 1. The number of aliphatic hydroxyl groups excluding tert-OH is 1. The van der Waals surface area contributed by atoms with E-state index in [0.717, 1.165) is 50.9 Å². The molecule has 0 aliphatic carbocycles. The predicted molar refractivity (Wildman–Crippen MR) is 222 cm³/mol. The Balaban J connectivity index is 4.10. The molecular formula is C44H75O9P. The van der Waals surface area contributed by atoms with E-state index in [9.17, 15) is 19.3 Å². The first-order valence-corrected chi connectivity index (χ1v) is 22.2. The number of esters is 2. The number of hydrogen-bond donors (Lipinski definition) is 3. The van der Waals surface area contributed by atoms with E-state index >= 15 is 0 Å². The number of hydrogen-bond acceptors (Lipinski definition) is 7. The SMILES string of the molecule is CC/C=C\CC(O)/C=C/C=C/C/C=C\C/C=C\C/C=C\CCC(=O)OC[C@H](COP(=O)(O)O)OC(=O)CCCCCCCCCCCCCCCC(C)C. The van der Waals surface area contributed by atoms with Crippen LogP contribution in [-0.4, -0.2) is 52.3 Å². The summed E-state index contributed by atoms with van der Waals surface area (Å²) in [6, 6.07) is 0. The van der Waals surface area contributed by atoms with E-state index < -0.39 is 38.6 Å². The van der Waals surface area contributed by atoms with E-state index in [1.54, 1.807) is 6.08 Å². The predicted octanol–water partition coefficient (Wildman–Crippen LogP) is 11.5. The molecule has 0 aromatic carbocycles. The highest BCUT2D eigenvalue weighted by Crippen LogP contribution is 2.36. The minimum Gasteiger partial charge on any atom is -0.462 e. The maximum atomic E-state index is 12.4. The second kappa shape index (κ2) is 37.4. The molecule has 0 heterocycles. The molecule has 9 nitrogen and oxygen atoms in total. The number of phosphoric acid groups is 1. The van der Waals surface area contributed by atoms with Crippen molar-refractivity contribution in [3.63, 3.8) is 0 Å². The third-order valence-corrected chi connectivity index (χ3v) is 9.00. The van der Waals surface area contributed by atoms with Crippen LogP contribution in [0.15, 0.2) is 72.9 Å². The van der Waals surface area contributed by atoms with E-state index in [2.05, 4.69) is 43.5 Å². The van der Waals surface area contributed by atoms with Crippen LogP contribution in [-0.2, 0) is 28.2 Å². The van der Waals surface area contributed by atoms with Gasteiger partial charge in [0.25, 0.3) is 0 Å². The largest absolute Gasteiger partial charge is 0.469 e. The van der Waals surface area contributed by atoms with Gasteiger partial charge in [-0.3, -0.25) is 14.1 Å². The van der Waals surface area contributed by atoms with Gasteiger partial charge in [-0.1, -0.05) is 177 Å². The second-order valence-electron chi connectivity index (χ2n) is 14.3. The van der Waals surface area contributed by atoms with Crippen LogP contribution in [0.3, 0.4) is 0 Å². The van der Waals surface area contributed by atoms with Crippen molar-refractivity contribution in [1.29, 1.82) is 0 Å². The number of aliphatic hydroxyl groups is 1. The molecule has 0 saturated heterocycles. The summed E-state index contributed by atoms with van der Waals surface area (Å²) >= 11 is 0. The summed E-state index contributed by atoms with van der Waals surface area (Å²) in [5.74, 6) is -0.191. The number of allylic oxidation sites excluding steroid dienone is 10. The second-order valence-corrected chi connectivity index (χ2v) is 15.5. The van der Waals surface area contributed by atoms with Crippen molar-refractivity contribution in [1.82, 2.24) is 0 Å². The summed E-state index contributed by atoms with van der Waals surface area (Å²) in [6.45, 7) is 5.74. The van der Waals surface area contributed by atoms with Gasteiger partial charge >= 0.3 is 19.8 Å². The lowest BCUT2D eigenvalue weighted by Crippen LogP contribution is -2.29. The molecule has 0 fully saturated rings. The zero-order chi connectivity index (χ0) is 40.0. The Kier molecular flexibility index (Phi) is 35.6. The fourth-order valence-electron chi connectivity index (χ4n) is 5.43. The third kappa shape index (κ3) is 40.6. The smallest absolute Gasteiger partial charge is 0.462 e. The van der Waals surface area contributed by atoms with Crippen LogP contribution in [0.5, 0.6) is 0 Å². The number of carbonyl (C=O) groups is 2. The molecule has 0 amide bonds. The van der Waals surface area contributed by atoms with Crippen molar-refractivity contribution in [3.8, 4) is 0 Å². The Hall–Kier alpha value is -2.55. The van der Waals surface area contributed by atoms with Crippen LogP contribution in [0, 0.1) is 5.92 Å². The number of rotatable bonds is 36. The Bertz CT molecular complexity index is 1130. The molecule has 0 spiro atoms. The molecule has 310 valence electrons. The van der Waals surface area contributed by atoms with Crippen molar-refractivity contribution in [2.45, 2.75) is 174 Å². The Morgan fingerprint density at radius 3 is 1.72 bits per heavy atom. The molecule has 10 heteroatoms. The first-order chi connectivity index (χ1) is 26.0. The van der Waals surface area contributed by atoms with E-state index in [4.69, 9.17) is 19.3 Å². The summed E-state index contributed by atoms with van der Waals surface area (Å²) in [6.07, 6.45) is 44.0. The van der Waals surface area contributed by atoms with Gasteiger partial charge in [-0.15, -0.1) is 0 Å². The van der Waals surface area contributed by atoms with Crippen LogP contribution >= 0.6 is 7.82 Å². The van der Waals surface area contributed by atoms with Crippen LogP contribution in [0.2, 0.25) is 0 Å². The van der Waals surface area contributed by atoms with E-state index in [1.807, 2.05) is 48.6 Å². The monoisotopic (exact) mass is 779 g/mol. The summed E-state index contributed by atoms with van der Waals surface area (Å²) in [5, 5.41) is 9.81. The van der Waals surface area contributed by atoms with Crippen molar-refractivity contribution in [2.24, 2.45) is 5.92 Å². The number of carbonyl (C=O) groups excluding carboxylic acids is 2. The molecule has 0 radical (unpaired) electrons. The van der Waals surface area contributed by atoms with Gasteiger partial charge in [-0.05, 0) is 50.9 Å². The molecule has 0 aromatic heterocycles. The van der Waals surface area contributed by atoms with Crippen molar-refractivity contribution < 1.29 is 43.0 Å². The number of unbranched alkanes of at least 4 members (excludes halogenated alkanes) is 12. The lowest BCUT2D eigenvalue weighted by Gasteiger charge is -2.18. The van der Waals surface area contributed by atoms with E-state index in [0.29, 0.717) is 19.3 Å².